The summed E-state index contributed by atoms with van der Waals surface area (Å²) in [5.41, 5.74) is 1.56. The Bertz CT molecular complexity index is 634. The topological polar surface area (TPSA) is 48.3 Å². The van der Waals surface area contributed by atoms with Gasteiger partial charge in [-0.2, -0.15) is 0 Å². The summed E-state index contributed by atoms with van der Waals surface area (Å²) in [5, 5.41) is 0. The molecule has 4 heteroatoms. The zero-order valence-electron chi connectivity index (χ0n) is 13.9. The molecule has 1 unspecified atom stereocenters. The van der Waals surface area contributed by atoms with Crippen LogP contribution in [-0.4, -0.2) is 16.1 Å². The second-order valence-corrected chi connectivity index (χ2v) is 7.08. The Morgan fingerprint density at radius 2 is 2.09 bits per heavy atom. The molecule has 1 aromatic rings. The van der Waals surface area contributed by atoms with Crippen LogP contribution in [0.4, 0.5) is 0 Å². The number of esters is 1. The van der Waals surface area contributed by atoms with Crippen LogP contribution in [-0.2, 0) is 16.1 Å². The number of hydrogen-bond donors (Lipinski definition) is 0. The molecule has 0 saturated heterocycles. The van der Waals surface area contributed by atoms with Crippen molar-refractivity contribution in [2.45, 2.75) is 59.1 Å². The van der Waals surface area contributed by atoms with Gasteiger partial charge in [-0.3, -0.25) is 9.59 Å². The van der Waals surface area contributed by atoms with E-state index in [0.29, 0.717) is 0 Å². The van der Waals surface area contributed by atoms with E-state index in [-0.39, 0.29) is 12.1 Å². The van der Waals surface area contributed by atoms with Gasteiger partial charge in [-0.1, -0.05) is 13.0 Å². The van der Waals surface area contributed by atoms with Gasteiger partial charge in [0.2, 0.25) is 0 Å². The molecule has 0 bridgehead atoms. The minimum absolute atomic E-state index is 0.0480. The summed E-state index contributed by atoms with van der Waals surface area (Å²) < 4.78 is 6.72. The summed E-state index contributed by atoms with van der Waals surface area (Å²) in [4.78, 5) is 23.9. The minimum Gasteiger partial charge on any atom is -0.459 e. The molecule has 22 heavy (non-hydrogen) atoms. The summed E-state index contributed by atoms with van der Waals surface area (Å²) in [6.07, 6.45) is 7.27. The van der Waals surface area contributed by atoms with E-state index in [1.54, 1.807) is 6.20 Å². The number of rotatable bonds is 3. The standard InChI is InChI=1S/C18H25NO3/c1-13-5-7-14(8-6-13)15-9-10-16(20)19(11-15)12-17(21)22-18(2,3)4/h7,9-11,13H,5-6,8,12H2,1-4H3. The first kappa shape index (κ1) is 16.5. The zero-order valence-corrected chi connectivity index (χ0v) is 13.9. The number of nitrogens with zero attached hydrogens (tertiary/aromatic N) is 1. The third-order valence-corrected chi connectivity index (χ3v) is 3.75. The van der Waals surface area contributed by atoms with E-state index in [2.05, 4.69) is 13.0 Å². The molecular weight excluding hydrogens is 278 g/mol. The first-order chi connectivity index (χ1) is 10.2. The van der Waals surface area contributed by atoms with Crippen molar-refractivity contribution in [2.75, 3.05) is 0 Å². The van der Waals surface area contributed by atoms with Gasteiger partial charge in [0.05, 0.1) is 0 Å². The van der Waals surface area contributed by atoms with Crippen LogP contribution in [0.2, 0.25) is 0 Å². The number of carbonyl (C=O) groups is 1. The van der Waals surface area contributed by atoms with Gasteiger partial charge in [0.1, 0.15) is 12.1 Å². The Hall–Kier alpha value is -1.84. The van der Waals surface area contributed by atoms with Crippen LogP contribution in [0, 0.1) is 5.92 Å². The van der Waals surface area contributed by atoms with Crippen molar-refractivity contribution in [1.29, 1.82) is 0 Å². The molecule has 120 valence electrons. The lowest BCUT2D eigenvalue weighted by atomic mass is 9.88. The molecule has 0 radical (unpaired) electrons. The molecule has 0 fully saturated rings. The van der Waals surface area contributed by atoms with Crippen molar-refractivity contribution in [3.05, 3.63) is 40.3 Å². The number of ether oxygens (including phenoxy) is 1. The third kappa shape index (κ3) is 4.58. The van der Waals surface area contributed by atoms with Crippen LogP contribution < -0.4 is 5.56 Å². The largest absolute Gasteiger partial charge is 0.459 e. The minimum atomic E-state index is -0.541. The summed E-state index contributed by atoms with van der Waals surface area (Å²) >= 11 is 0. The molecule has 4 nitrogen and oxygen atoms in total. The molecule has 0 aromatic carbocycles. The van der Waals surface area contributed by atoms with Crippen molar-refractivity contribution in [3.8, 4) is 0 Å². The average Bonchev–Trinajstić information content (AvgIpc) is 2.40. The summed E-state index contributed by atoms with van der Waals surface area (Å²) in [7, 11) is 0. The number of hydrogen-bond acceptors (Lipinski definition) is 3. The molecule has 0 aliphatic heterocycles. The lowest BCUT2D eigenvalue weighted by Crippen LogP contribution is -2.30. The fourth-order valence-corrected chi connectivity index (χ4v) is 2.59. The number of carbonyl (C=O) groups excluding carboxylic acids is 1. The molecule has 1 aliphatic rings. The first-order valence-electron chi connectivity index (χ1n) is 7.86. The lowest BCUT2D eigenvalue weighted by molar-refractivity contribution is -0.155. The Labute approximate surface area is 131 Å². The quantitative estimate of drug-likeness (QED) is 0.804. The predicted molar refractivity (Wildman–Crippen MR) is 87.5 cm³/mol. The SMILES string of the molecule is CC1CC=C(c2ccc(=O)n(CC(=O)OC(C)(C)C)c2)CC1. The summed E-state index contributed by atoms with van der Waals surface area (Å²) in [6, 6.07) is 3.37. The Morgan fingerprint density at radius 3 is 2.68 bits per heavy atom. The van der Waals surface area contributed by atoms with E-state index in [4.69, 9.17) is 4.74 Å². The maximum atomic E-state index is 11.9. The van der Waals surface area contributed by atoms with E-state index in [1.165, 1.54) is 16.2 Å². The Balaban J connectivity index is 2.17. The highest BCUT2D eigenvalue weighted by Gasteiger charge is 2.17. The average molecular weight is 303 g/mol. The highest BCUT2D eigenvalue weighted by atomic mass is 16.6. The molecule has 0 saturated carbocycles. The molecule has 1 heterocycles. The highest BCUT2D eigenvalue weighted by Crippen LogP contribution is 2.29. The molecule has 0 spiro atoms. The van der Waals surface area contributed by atoms with Crippen LogP contribution in [0.5, 0.6) is 0 Å². The molecule has 1 atom stereocenters. The van der Waals surface area contributed by atoms with E-state index >= 15 is 0 Å². The normalized spacial score (nSPS) is 18.7. The molecule has 0 amide bonds. The van der Waals surface area contributed by atoms with Gasteiger partial charge in [0.25, 0.3) is 5.56 Å². The van der Waals surface area contributed by atoms with E-state index in [9.17, 15) is 9.59 Å². The second kappa shape index (κ2) is 6.51. The van der Waals surface area contributed by atoms with Gasteiger partial charge < -0.3 is 9.30 Å². The number of aromatic nitrogens is 1. The highest BCUT2D eigenvalue weighted by molar-refractivity contribution is 5.70. The predicted octanol–water partition coefficient (Wildman–Crippen LogP) is 3.39. The summed E-state index contributed by atoms with van der Waals surface area (Å²) in [6.45, 7) is 7.65. The zero-order chi connectivity index (χ0) is 16.3. The van der Waals surface area contributed by atoms with Gasteiger partial charge in [-0.25, -0.2) is 0 Å². The monoisotopic (exact) mass is 303 g/mol. The van der Waals surface area contributed by atoms with Crippen molar-refractivity contribution < 1.29 is 9.53 Å². The van der Waals surface area contributed by atoms with Crippen molar-refractivity contribution in [2.24, 2.45) is 5.92 Å². The Kier molecular flexibility index (Phi) is 4.89. The molecule has 1 aliphatic carbocycles. The van der Waals surface area contributed by atoms with Crippen LogP contribution in [0.15, 0.2) is 29.2 Å². The van der Waals surface area contributed by atoms with E-state index in [0.717, 1.165) is 30.7 Å². The molecule has 1 aromatic heterocycles. The smallest absolute Gasteiger partial charge is 0.326 e. The van der Waals surface area contributed by atoms with Crippen LogP contribution in [0.1, 0.15) is 52.5 Å². The van der Waals surface area contributed by atoms with E-state index in [1.807, 2.05) is 26.8 Å². The van der Waals surface area contributed by atoms with Crippen molar-refractivity contribution in [3.63, 3.8) is 0 Å². The van der Waals surface area contributed by atoms with Gasteiger partial charge in [0.15, 0.2) is 0 Å². The fraction of sp³-hybridized carbons (Fsp3) is 0.556. The maximum absolute atomic E-state index is 11.9. The molecule has 2 rings (SSSR count). The first-order valence-corrected chi connectivity index (χ1v) is 7.86. The van der Waals surface area contributed by atoms with Gasteiger partial charge in [0, 0.05) is 12.3 Å². The molecular formula is C18H25NO3. The number of pyridine rings is 1. The third-order valence-electron chi connectivity index (χ3n) is 3.75. The van der Waals surface area contributed by atoms with Crippen LogP contribution >= 0.6 is 0 Å². The van der Waals surface area contributed by atoms with Gasteiger partial charge in [-0.05, 0) is 63.2 Å². The van der Waals surface area contributed by atoms with Gasteiger partial charge in [-0.15, -0.1) is 0 Å². The van der Waals surface area contributed by atoms with Crippen LogP contribution in [0.25, 0.3) is 5.57 Å². The molecule has 0 N–H and O–H groups in total. The second-order valence-electron chi connectivity index (χ2n) is 7.08. The summed E-state index contributed by atoms with van der Waals surface area (Å²) in [5.74, 6) is 0.328. The van der Waals surface area contributed by atoms with E-state index < -0.39 is 11.6 Å². The lowest BCUT2D eigenvalue weighted by Gasteiger charge is -2.21. The van der Waals surface area contributed by atoms with Crippen LogP contribution in [0.3, 0.4) is 0 Å². The fourth-order valence-electron chi connectivity index (χ4n) is 2.59. The van der Waals surface area contributed by atoms with Gasteiger partial charge >= 0.3 is 5.97 Å². The Morgan fingerprint density at radius 1 is 1.36 bits per heavy atom. The van der Waals surface area contributed by atoms with Crippen molar-refractivity contribution >= 4 is 11.5 Å². The number of allylic oxidation sites excluding steroid dienone is 2. The maximum Gasteiger partial charge on any atom is 0.326 e. The van der Waals surface area contributed by atoms with Crippen molar-refractivity contribution in [1.82, 2.24) is 4.57 Å².